The van der Waals surface area contributed by atoms with Crippen molar-refractivity contribution < 1.29 is 174 Å². The number of nitrogens with zero attached hydrogens (tertiary/aromatic N) is 4. The third kappa shape index (κ3) is 62.9. The van der Waals surface area contributed by atoms with Crippen LogP contribution in [0.15, 0.2) is 48.5 Å². The van der Waals surface area contributed by atoms with Gasteiger partial charge in [0.2, 0.25) is 0 Å². The van der Waals surface area contributed by atoms with Crippen LogP contribution in [-0.2, 0) is 61.9 Å². The van der Waals surface area contributed by atoms with Crippen molar-refractivity contribution in [2.75, 3.05) is 52.6 Å². The molecule has 0 aliphatic carbocycles. The molecule has 0 spiro atoms. The fourth-order valence-corrected chi connectivity index (χ4v) is 3.16. The van der Waals surface area contributed by atoms with Crippen LogP contribution in [0.5, 0.6) is 0 Å². The molecule has 316 valence electrons. The molecule has 56 heavy (non-hydrogen) atoms. The molecule has 0 aliphatic heterocycles. The average Bonchev–Trinajstić information content (AvgIpc) is 2.94. The molecule has 0 fully saturated rings. The first-order chi connectivity index (χ1) is 21.2. The number of hydrogen-bond donors (Lipinski definition) is 0. The Balaban J connectivity index is -0.0000000486. The first kappa shape index (κ1) is 89.3. The largest absolute Gasteiger partial charge is 4.00 e. The molecule has 0 saturated carbocycles. The fourth-order valence-electron chi connectivity index (χ4n) is 3.16. The second kappa shape index (κ2) is 49.9. The van der Waals surface area contributed by atoms with Crippen LogP contribution in [0.2, 0.25) is 0 Å². The number of hydrogen-bond acceptors (Lipinski definition) is 2. The van der Waals surface area contributed by atoms with Crippen LogP contribution in [-0.4, -0.2) is 52.6 Å². The Hall–Kier alpha value is 2.26. The van der Waals surface area contributed by atoms with Crippen LogP contribution in [0.3, 0.4) is 0 Å². The molecule has 2 aromatic carbocycles. The Kier molecular flexibility index (Phi) is 79.6. The molecule has 0 unspecified atom stereocenters. The first-order valence-corrected chi connectivity index (χ1v) is 17.2. The summed E-state index contributed by atoms with van der Waals surface area (Å²) in [5.41, 5.74) is 4.92. The molecule has 0 saturated heterocycles. The summed E-state index contributed by atoms with van der Waals surface area (Å²) in [5.74, 6) is 0. The summed E-state index contributed by atoms with van der Waals surface area (Å²) in [5, 5.41) is 18.7. The quantitative estimate of drug-likeness (QED) is 0.199. The van der Waals surface area contributed by atoms with Gasteiger partial charge in [0, 0.05) is 26.4 Å². The van der Waals surface area contributed by atoms with Crippen molar-refractivity contribution in [1.82, 2.24) is 0 Å². The van der Waals surface area contributed by atoms with Crippen molar-refractivity contribution in [2.45, 2.75) is 111 Å². The van der Waals surface area contributed by atoms with Crippen LogP contribution in [0, 0.1) is 21.7 Å². The number of ether oxygens (including phenoxy) is 2. The Labute approximate surface area is 446 Å². The van der Waals surface area contributed by atoms with E-state index < -0.39 is 0 Å². The number of halogens is 6. The Bertz CT molecular complexity index is 888. The predicted molar refractivity (Wildman–Crippen MR) is 207 cm³/mol. The number of rotatable bonds is 12. The van der Waals surface area contributed by atoms with Crippen LogP contribution in [0.25, 0.3) is 21.3 Å². The van der Waals surface area contributed by atoms with Gasteiger partial charge in [-0.15, -0.1) is 26.2 Å². The zero-order chi connectivity index (χ0) is 35.9. The standard InChI is InChI=1S/2C16H26N2.2C4H10O.6ClH.2Li.2Zr/c2*1-15(2,3)11-17-13-9-7-8-10-14(13)18-12-16(4,5)6;2*1-3-5-4-2;;;;;;;;;;/h2*7-10H,11-12H2,1-6H3;2*3-4H2,1-2H3;6*1H;;;;/q2*-2;;;;;;;;;2*+1;2*+4/p-6. The molecule has 0 atom stereocenters. The summed E-state index contributed by atoms with van der Waals surface area (Å²) >= 11 is 0. The average molecular weight is 1050 g/mol. The van der Waals surface area contributed by atoms with Gasteiger partial charge in [0.25, 0.3) is 0 Å². The van der Waals surface area contributed by atoms with Gasteiger partial charge in [-0.05, 0) is 27.7 Å². The van der Waals surface area contributed by atoms with Crippen molar-refractivity contribution in [1.29, 1.82) is 0 Å². The summed E-state index contributed by atoms with van der Waals surface area (Å²) in [6.07, 6.45) is 0. The zero-order valence-corrected chi connectivity index (χ0v) is 47.6. The maximum Gasteiger partial charge on any atom is 4.00 e. The molecular weight excluding hydrogens is 978 g/mol. The van der Waals surface area contributed by atoms with E-state index in [0.717, 1.165) is 75.4 Å². The second-order valence-electron chi connectivity index (χ2n) is 16.0. The van der Waals surface area contributed by atoms with Crippen molar-refractivity contribution in [3.63, 3.8) is 0 Å². The minimum Gasteiger partial charge on any atom is -1.00 e. The summed E-state index contributed by atoms with van der Waals surface area (Å²) < 4.78 is 9.67. The molecule has 6 nitrogen and oxygen atoms in total. The van der Waals surface area contributed by atoms with E-state index in [-0.39, 0.29) is 186 Å². The second-order valence-corrected chi connectivity index (χ2v) is 16.0. The van der Waals surface area contributed by atoms with Crippen LogP contribution < -0.4 is 112 Å². The van der Waals surface area contributed by atoms with E-state index in [1.165, 1.54) is 0 Å². The van der Waals surface area contributed by atoms with Crippen molar-refractivity contribution in [3.05, 3.63) is 69.8 Å². The van der Waals surface area contributed by atoms with E-state index in [1.807, 2.05) is 76.2 Å². The maximum atomic E-state index is 4.83. The van der Waals surface area contributed by atoms with Gasteiger partial charge in [-0.25, -0.2) is 0 Å². The third-order valence-corrected chi connectivity index (χ3v) is 5.47. The van der Waals surface area contributed by atoms with Crippen LogP contribution in [0.4, 0.5) is 22.7 Å². The van der Waals surface area contributed by atoms with Gasteiger partial charge in [-0.2, -0.15) is 22.7 Å². The molecule has 0 aromatic heterocycles. The van der Waals surface area contributed by atoms with Crippen molar-refractivity contribution in [3.8, 4) is 0 Å². The van der Waals surface area contributed by atoms with E-state index in [2.05, 4.69) is 104 Å². The molecule has 2 rings (SSSR count). The molecule has 0 N–H and O–H groups in total. The molecule has 0 bridgehead atoms. The first-order valence-electron chi connectivity index (χ1n) is 17.2. The summed E-state index contributed by atoms with van der Waals surface area (Å²) in [6.45, 7) is 41.0. The number of benzene rings is 2. The van der Waals surface area contributed by atoms with E-state index in [0.29, 0.717) is 0 Å². The van der Waals surface area contributed by atoms with Crippen molar-refractivity contribution in [2.24, 2.45) is 21.7 Å². The molecule has 0 radical (unpaired) electrons. The Morgan fingerprint density at radius 1 is 0.357 bits per heavy atom. The zero-order valence-electron chi connectivity index (χ0n) is 38.1. The van der Waals surface area contributed by atoms with Crippen LogP contribution in [0.1, 0.15) is 111 Å². The third-order valence-electron chi connectivity index (χ3n) is 5.47. The normalized spacial score (nSPS) is 9.43. The van der Waals surface area contributed by atoms with Gasteiger partial charge in [0.1, 0.15) is 0 Å². The van der Waals surface area contributed by atoms with Gasteiger partial charge in [0.15, 0.2) is 0 Å². The number of para-hydroxylation sites is 4. The van der Waals surface area contributed by atoms with E-state index in [4.69, 9.17) is 9.47 Å². The van der Waals surface area contributed by atoms with E-state index in [9.17, 15) is 0 Å². The molecule has 0 aliphatic rings. The SMILES string of the molecule is CC(C)(C)C[N-]c1ccccc1[N-]CC(C)(C)C.CC(C)(C)C[N-]c1ccccc1[N-]CC(C)(C)C.CCOCC.CCOCC.[Cl-].[Cl-].[Cl-].[Cl-].[Cl-].[Cl-].[Li+].[Li+].[Zr+4].[Zr+4]. The fraction of sp³-hybridized carbons (Fsp3) is 0.700. The Morgan fingerprint density at radius 3 is 0.589 bits per heavy atom. The molecule has 0 amide bonds. The summed E-state index contributed by atoms with van der Waals surface area (Å²) in [4.78, 5) is 0. The smallest absolute Gasteiger partial charge is 1.00 e. The van der Waals surface area contributed by atoms with Gasteiger partial charge in [-0.1, -0.05) is 153 Å². The summed E-state index contributed by atoms with van der Waals surface area (Å²) in [6, 6.07) is 16.3. The molecule has 16 heteroatoms. The van der Waals surface area contributed by atoms with E-state index in [1.54, 1.807) is 0 Å². The van der Waals surface area contributed by atoms with E-state index >= 15 is 0 Å². The molecular formula is C40H72Cl6Li2N4O2Zr2. The van der Waals surface area contributed by atoms with Gasteiger partial charge in [-0.3, -0.25) is 0 Å². The predicted octanol–water partition coefficient (Wildman–Crippen LogP) is -10.3. The van der Waals surface area contributed by atoms with Crippen LogP contribution >= 0.6 is 0 Å². The minimum atomic E-state index is 0. The molecule has 2 aromatic rings. The van der Waals surface area contributed by atoms with Gasteiger partial charge >= 0.3 is 90.1 Å². The van der Waals surface area contributed by atoms with Gasteiger partial charge in [0.05, 0.1) is 0 Å². The molecule has 0 heterocycles. The van der Waals surface area contributed by atoms with Gasteiger partial charge < -0.3 is 105 Å². The minimum absolute atomic E-state index is 0. The topological polar surface area (TPSA) is 74.9 Å². The summed E-state index contributed by atoms with van der Waals surface area (Å²) in [7, 11) is 0. The maximum absolute atomic E-state index is 4.83. The van der Waals surface area contributed by atoms with Crippen molar-refractivity contribution >= 4 is 22.7 Å². The Morgan fingerprint density at radius 2 is 0.500 bits per heavy atom. The monoisotopic (exact) mass is 1040 g/mol.